The minimum absolute atomic E-state index is 0.225. The Labute approximate surface area is 108 Å². The number of anilines is 2. The Morgan fingerprint density at radius 1 is 1.53 bits per heavy atom. The number of aryl methyl sites for hydroxylation is 2. The van der Waals surface area contributed by atoms with Crippen LogP contribution < -0.4 is 5.32 Å². The van der Waals surface area contributed by atoms with E-state index in [-0.39, 0.29) is 11.4 Å². The van der Waals surface area contributed by atoms with Crippen LogP contribution in [0, 0.1) is 28.4 Å². The molecule has 8 heteroatoms. The summed E-state index contributed by atoms with van der Waals surface area (Å²) < 4.78 is 1.63. The second-order valence-electron chi connectivity index (χ2n) is 3.86. The summed E-state index contributed by atoms with van der Waals surface area (Å²) in [6.07, 6.45) is 1.75. The molecule has 0 aliphatic heterocycles. The van der Waals surface area contributed by atoms with Crippen LogP contribution in [0.3, 0.4) is 0 Å². The molecule has 8 nitrogen and oxygen atoms in total. The van der Waals surface area contributed by atoms with E-state index in [1.165, 1.54) is 12.1 Å². The monoisotopic (exact) mass is 258 g/mol. The number of nitro groups is 1. The quantitative estimate of drug-likeness (QED) is 0.662. The third-order valence-corrected chi connectivity index (χ3v) is 2.45. The SMILES string of the molecule is Cc1nn(C)cc1Nc1ccc([N+](=O)[O-])c(C#N)n1. The molecule has 1 N–H and O–H groups in total. The van der Waals surface area contributed by atoms with Crippen molar-refractivity contribution >= 4 is 17.2 Å². The molecular weight excluding hydrogens is 248 g/mol. The largest absolute Gasteiger partial charge is 0.337 e. The third kappa shape index (κ3) is 2.50. The summed E-state index contributed by atoms with van der Waals surface area (Å²) in [5.41, 5.74) is 0.960. The predicted molar refractivity (Wildman–Crippen MR) is 66.8 cm³/mol. The molecule has 0 unspecified atom stereocenters. The average Bonchev–Trinajstić information content (AvgIpc) is 2.67. The molecule has 0 saturated heterocycles. The van der Waals surface area contributed by atoms with Gasteiger partial charge in [-0.15, -0.1) is 0 Å². The maximum absolute atomic E-state index is 10.7. The highest BCUT2D eigenvalue weighted by atomic mass is 16.6. The van der Waals surface area contributed by atoms with Gasteiger partial charge in [0, 0.05) is 19.3 Å². The van der Waals surface area contributed by atoms with Gasteiger partial charge in [-0.25, -0.2) is 4.98 Å². The minimum Gasteiger partial charge on any atom is -0.337 e. The number of aromatic nitrogens is 3. The Balaban J connectivity index is 2.35. The van der Waals surface area contributed by atoms with E-state index < -0.39 is 4.92 Å². The number of rotatable bonds is 3. The fourth-order valence-corrected chi connectivity index (χ4v) is 1.61. The van der Waals surface area contributed by atoms with E-state index >= 15 is 0 Å². The summed E-state index contributed by atoms with van der Waals surface area (Å²) in [5, 5.41) is 26.7. The Kier molecular flexibility index (Phi) is 3.12. The molecule has 0 aliphatic rings. The van der Waals surface area contributed by atoms with Crippen molar-refractivity contribution in [2.24, 2.45) is 7.05 Å². The highest BCUT2D eigenvalue weighted by molar-refractivity contribution is 5.60. The summed E-state index contributed by atoms with van der Waals surface area (Å²) in [6.45, 7) is 1.82. The predicted octanol–water partition coefficient (Wildman–Crippen LogP) is 1.65. The molecule has 0 atom stereocenters. The highest BCUT2D eigenvalue weighted by Crippen LogP contribution is 2.22. The van der Waals surface area contributed by atoms with Crippen LogP contribution >= 0.6 is 0 Å². The van der Waals surface area contributed by atoms with Gasteiger partial charge in [-0.05, 0) is 13.0 Å². The number of nitrogens with zero attached hydrogens (tertiary/aromatic N) is 5. The van der Waals surface area contributed by atoms with Gasteiger partial charge >= 0.3 is 5.69 Å². The maximum atomic E-state index is 10.7. The molecule has 2 aromatic rings. The normalized spacial score (nSPS) is 9.95. The molecule has 19 heavy (non-hydrogen) atoms. The van der Waals surface area contributed by atoms with E-state index in [0.29, 0.717) is 5.82 Å². The molecule has 96 valence electrons. The van der Waals surface area contributed by atoms with Crippen LogP contribution in [-0.2, 0) is 7.05 Å². The zero-order valence-corrected chi connectivity index (χ0v) is 10.3. The van der Waals surface area contributed by atoms with Crippen LogP contribution in [0.5, 0.6) is 0 Å². The molecule has 2 rings (SSSR count). The Hall–Kier alpha value is -2.95. The van der Waals surface area contributed by atoms with E-state index in [0.717, 1.165) is 11.4 Å². The molecular formula is C11H10N6O2. The van der Waals surface area contributed by atoms with E-state index in [4.69, 9.17) is 5.26 Å². The molecule has 0 fully saturated rings. The number of nitriles is 1. The van der Waals surface area contributed by atoms with Crippen molar-refractivity contribution in [3.63, 3.8) is 0 Å². The lowest BCUT2D eigenvalue weighted by Crippen LogP contribution is -1.99. The summed E-state index contributed by atoms with van der Waals surface area (Å²) in [5.74, 6) is 0.359. The lowest BCUT2D eigenvalue weighted by molar-refractivity contribution is -0.385. The first kappa shape index (κ1) is 12.5. The van der Waals surface area contributed by atoms with Gasteiger partial charge in [0.25, 0.3) is 0 Å². The summed E-state index contributed by atoms with van der Waals surface area (Å²) in [6, 6.07) is 4.41. The van der Waals surface area contributed by atoms with E-state index in [9.17, 15) is 10.1 Å². The average molecular weight is 258 g/mol. The number of hydrogen-bond donors (Lipinski definition) is 1. The molecule has 0 bridgehead atoms. The molecule has 0 aromatic carbocycles. The van der Waals surface area contributed by atoms with Gasteiger partial charge in [-0.3, -0.25) is 14.8 Å². The fourth-order valence-electron chi connectivity index (χ4n) is 1.61. The standard InChI is InChI=1S/C11H10N6O2/c1-7-9(6-16(2)15-7)14-11-4-3-10(17(18)19)8(5-12)13-11/h3-4,6H,1-2H3,(H,13,14). The highest BCUT2D eigenvalue weighted by Gasteiger charge is 2.16. The second kappa shape index (κ2) is 4.73. The van der Waals surface area contributed by atoms with Gasteiger partial charge in [-0.1, -0.05) is 0 Å². The first-order valence-electron chi connectivity index (χ1n) is 5.34. The van der Waals surface area contributed by atoms with Gasteiger partial charge < -0.3 is 5.32 Å². The number of pyridine rings is 1. The van der Waals surface area contributed by atoms with Crippen LogP contribution in [0.1, 0.15) is 11.4 Å². The van der Waals surface area contributed by atoms with E-state index in [1.807, 2.05) is 6.92 Å². The Morgan fingerprint density at radius 3 is 2.79 bits per heavy atom. The summed E-state index contributed by atoms with van der Waals surface area (Å²) >= 11 is 0. The zero-order chi connectivity index (χ0) is 14.0. The smallest absolute Gasteiger partial charge is 0.305 e. The van der Waals surface area contributed by atoms with E-state index in [2.05, 4.69) is 15.4 Å². The Bertz CT molecular complexity index is 685. The number of hydrogen-bond acceptors (Lipinski definition) is 6. The van der Waals surface area contributed by atoms with Crippen molar-refractivity contribution in [2.75, 3.05) is 5.32 Å². The van der Waals surface area contributed by atoms with Crippen LogP contribution in [-0.4, -0.2) is 19.7 Å². The Morgan fingerprint density at radius 2 is 2.26 bits per heavy atom. The fraction of sp³-hybridized carbons (Fsp3) is 0.182. The summed E-state index contributed by atoms with van der Waals surface area (Å²) in [4.78, 5) is 14.0. The van der Waals surface area contributed by atoms with E-state index in [1.54, 1.807) is 24.0 Å². The van der Waals surface area contributed by atoms with Crippen LogP contribution in [0.25, 0.3) is 0 Å². The van der Waals surface area contributed by atoms with Gasteiger partial charge in [-0.2, -0.15) is 10.4 Å². The topological polar surface area (TPSA) is 110 Å². The molecule has 2 heterocycles. The molecule has 0 spiro atoms. The van der Waals surface area contributed by atoms with Gasteiger partial charge in [0.1, 0.15) is 11.9 Å². The number of nitrogens with one attached hydrogen (secondary N) is 1. The minimum atomic E-state index is -0.634. The molecule has 2 aromatic heterocycles. The lowest BCUT2D eigenvalue weighted by atomic mass is 10.3. The molecule has 0 saturated carbocycles. The third-order valence-electron chi connectivity index (χ3n) is 2.45. The lowest BCUT2D eigenvalue weighted by Gasteiger charge is -2.03. The summed E-state index contributed by atoms with van der Waals surface area (Å²) in [7, 11) is 1.78. The first-order valence-corrected chi connectivity index (χ1v) is 5.34. The molecule has 0 aliphatic carbocycles. The molecule has 0 amide bonds. The van der Waals surface area contributed by atoms with Crippen LogP contribution in [0.15, 0.2) is 18.3 Å². The van der Waals surface area contributed by atoms with Crippen molar-refractivity contribution in [3.8, 4) is 6.07 Å². The molecule has 0 radical (unpaired) electrons. The van der Waals surface area contributed by atoms with Gasteiger partial charge in [0.2, 0.25) is 5.69 Å². The van der Waals surface area contributed by atoms with Crippen LogP contribution in [0.4, 0.5) is 17.2 Å². The van der Waals surface area contributed by atoms with Crippen LogP contribution in [0.2, 0.25) is 0 Å². The maximum Gasteiger partial charge on any atom is 0.305 e. The van der Waals surface area contributed by atoms with Gasteiger partial charge in [0.15, 0.2) is 0 Å². The first-order chi connectivity index (χ1) is 9.01. The van der Waals surface area contributed by atoms with Crippen molar-refractivity contribution in [2.45, 2.75) is 6.92 Å². The van der Waals surface area contributed by atoms with Crippen molar-refractivity contribution in [1.29, 1.82) is 5.26 Å². The zero-order valence-electron chi connectivity index (χ0n) is 10.3. The van der Waals surface area contributed by atoms with Crippen molar-refractivity contribution < 1.29 is 4.92 Å². The van der Waals surface area contributed by atoms with Crippen molar-refractivity contribution in [3.05, 3.63) is 39.8 Å². The van der Waals surface area contributed by atoms with Gasteiger partial charge in [0.05, 0.1) is 16.3 Å². The second-order valence-corrected chi connectivity index (χ2v) is 3.86. The van der Waals surface area contributed by atoms with Crippen molar-refractivity contribution in [1.82, 2.24) is 14.8 Å².